The topological polar surface area (TPSA) is 26.5 Å². The molecule has 0 radical (unpaired) electrons. The first-order chi connectivity index (χ1) is 9.45. The predicted octanol–water partition coefficient (Wildman–Crippen LogP) is 3.81. The van der Waals surface area contributed by atoms with Crippen molar-refractivity contribution in [3.63, 3.8) is 0 Å². The average molecular weight is 330 g/mol. The van der Waals surface area contributed by atoms with E-state index in [1.54, 1.807) is 29.3 Å². The molecule has 0 aromatic carbocycles. The summed E-state index contributed by atoms with van der Waals surface area (Å²) >= 11 is 8.77. The van der Waals surface area contributed by atoms with E-state index in [0.29, 0.717) is 0 Å². The van der Waals surface area contributed by atoms with E-state index in [4.69, 9.17) is 12.2 Å². The minimum absolute atomic E-state index is 0.117. The number of unbranched alkanes of at least 4 members (excludes halogenated alkanes) is 1. The molecule has 2 rings (SSSR count). The van der Waals surface area contributed by atoms with Gasteiger partial charge in [0.25, 0.3) is 6.17 Å². The number of thioether (sulfide) groups is 1. The Bertz CT molecular complexity index is 497. The number of hydrogen-bond donors (Lipinski definition) is 1. The monoisotopic (exact) mass is 329 g/mol. The van der Waals surface area contributed by atoms with Crippen LogP contribution >= 0.6 is 35.3 Å². The minimum Gasteiger partial charge on any atom is -0.295 e. The standard InChI is InChI=1S/C14H21N2OS3/c1-4-5-8-15-12(14(2,3)20-13(15)18)16(17)10-11-7-6-9-19-11/h6-7,9-10,12,17H,4-5,8H2,1-3H3/q+1. The first kappa shape index (κ1) is 15.8. The second-order valence-corrected chi connectivity index (χ2v) is 8.68. The molecular formula is C14H21N2OS3+. The molecule has 0 bridgehead atoms. The van der Waals surface area contributed by atoms with Gasteiger partial charge in [0.15, 0.2) is 0 Å². The van der Waals surface area contributed by atoms with E-state index in [1.807, 2.05) is 17.5 Å². The van der Waals surface area contributed by atoms with E-state index >= 15 is 0 Å². The highest BCUT2D eigenvalue weighted by molar-refractivity contribution is 8.24. The Kier molecular flexibility index (Phi) is 5.09. The summed E-state index contributed by atoms with van der Waals surface area (Å²) in [5, 5.41) is 12.5. The zero-order valence-electron chi connectivity index (χ0n) is 12.1. The highest BCUT2D eigenvalue weighted by Gasteiger charge is 2.52. The number of hydroxylamine groups is 1. The fraction of sp³-hybridized carbons (Fsp3) is 0.571. The molecule has 0 aliphatic carbocycles. The summed E-state index contributed by atoms with van der Waals surface area (Å²) in [7, 11) is 0. The van der Waals surface area contributed by atoms with Gasteiger partial charge in [-0.05, 0) is 36.5 Å². The molecule has 1 unspecified atom stereocenters. The van der Waals surface area contributed by atoms with Crippen LogP contribution in [-0.4, -0.2) is 42.8 Å². The van der Waals surface area contributed by atoms with Gasteiger partial charge in [-0.25, -0.2) is 0 Å². The van der Waals surface area contributed by atoms with Gasteiger partial charge >= 0.3 is 0 Å². The van der Waals surface area contributed by atoms with Gasteiger partial charge in [-0.2, -0.15) is 0 Å². The number of thiocarbonyl (C=S) groups is 1. The maximum Gasteiger partial charge on any atom is 0.292 e. The van der Waals surface area contributed by atoms with Crippen molar-refractivity contribution >= 4 is 45.9 Å². The van der Waals surface area contributed by atoms with E-state index in [0.717, 1.165) is 28.6 Å². The van der Waals surface area contributed by atoms with Crippen LogP contribution in [0.4, 0.5) is 0 Å². The Morgan fingerprint density at radius 2 is 2.30 bits per heavy atom. The van der Waals surface area contributed by atoms with Gasteiger partial charge in [0.05, 0.1) is 4.88 Å². The van der Waals surface area contributed by atoms with Crippen molar-refractivity contribution in [2.45, 2.75) is 44.5 Å². The zero-order chi connectivity index (χ0) is 14.8. The van der Waals surface area contributed by atoms with Crippen LogP contribution in [0.1, 0.15) is 38.5 Å². The van der Waals surface area contributed by atoms with Gasteiger partial charge in [0, 0.05) is 6.54 Å². The van der Waals surface area contributed by atoms with E-state index in [-0.39, 0.29) is 10.9 Å². The lowest BCUT2D eigenvalue weighted by molar-refractivity contribution is -0.808. The third-order valence-corrected chi connectivity index (χ3v) is 5.75. The maximum atomic E-state index is 10.5. The molecule has 1 aliphatic heterocycles. The number of rotatable bonds is 5. The lowest BCUT2D eigenvalue weighted by atomic mass is 10.1. The summed E-state index contributed by atoms with van der Waals surface area (Å²) in [5.41, 5.74) is 0. The Balaban J connectivity index is 2.26. The second-order valence-electron chi connectivity index (χ2n) is 5.42. The van der Waals surface area contributed by atoms with Crippen LogP contribution in [0.25, 0.3) is 0 Å². The molecule has 1 N–H and O–H groups in total. The summed E-state index contributed by atoms with van der Waals surface area (Å²) in [4.78, 5) is 3.19. The van der Waals surface area contributed by atoms with Crippen molar-refractivity contribution in [3.8, 4) is 0 Å². The van der Waals surface area contributed by atoms with Crippen LogP contribution < -0.4 is 0 Å². The van der Waals surface area contributed by atoms with Crippen molar-refractivity contribution < 1.29 is 9.95 Å². The van der Waals surface area contributed by atoms with E-state index in [1.165, 1.54) is 4.74 Å². The first-order valence-electron chi connectivity index (χ1n) is 6.81. The molecule has 1 saturated heterocycles. The molecule has 0 spiro atoms. The largest absolute Gasteiger partial charge is 0.295 e. The third kappa shape index (κ3) is 3.35. The van der Waals surface area contributed by atoms with Crippen molar-refractivity contribution in [2.24, 2.45) is 0 Å². The summed E-state index contributed by atoms with van der Waals surface area (Å²) in [6.45, 7) is 7.32. The molecule has 0 amide bonds. The summed E-state index contributed by atoms with van der Waals surface area (Å²) in [5.74, 6) is 0. The molecule has 6 heteroatoms. The Morgan fingerprint density at radius 3 is 2.90 bits per heavy atom. The van der Waals surface area contributed by atoms with Crippen LogP contribution in [0.15, 0.2) is 17.5 Å². The van der Waals surface area contributed by atoms with Crippen LogP contribution in [0.2, 0.25) is 0 Å². The van der Waals surface area contributed by atoms with Gasteiger partial charge in [0.2, 0.25) is 6.21 Å². The molecule has 0 saturated carbocycles. The fourth-order valence-electron chi connectivity index (χ4n) is 2.38. The van der Waals surface area contributed by atoms with Crippen LogP contribution in [0.5, 0.6) is 0 Å². The number of nitrogens with zero attached hydrogens (tertiary/aromatic N) is 2. The van der Waals surface area contributed by atoms with Crippen LogP contribution in [0, 0.1) is 0 Å². The average Bonchev–Trinajstić information content (AvgIpc) is 2.92. The van der Waals surface area contributed by atoms with Crippen molar-refractivity contribution in [3.05, 3.63) is 22.4 Å². The Labute approximate surface area is 134 Å². The molecule has 2 heterocycles. The summed E-state index contributed by atoms with van der Waals surface area (Å²) < 4.78 is 2.08. The normalized spacial score (nSPS) is 22.6. The van der Waals surface area contributed by atoms with Gasteiger partial charge in [-0.1, -0.05) is 43.4 Å². The Morgan fingerprint density at radius 1 is 1.55 bits per heavy atom. The SMILES string of the molecule is CCCCN1C(=S)SC(C)(C)C1[N+](O)=Cc1cccs1. The van der Waals surface area contributed by atoms with Crippen LogP contribution in [0.3, 0.4) is 0 Å². The molecular weight excluding hydrogens is 308 g/mol. The van der Waals surface area contributed by atoms with E-state index < -0.39 is 0 Å². The number of thiophene rings is 1. The zero-order valence-corrected chi connectivity index (χ0v) is 14.5. The highest BCUT2D eigenvalue weighted by atomic mass is 32.2. The molecule has 1 aliphatic rings. The molecule has 1 atom stereocenters. The highest BCUT2D eigenvalue weighted by Crippen LogP contribution is 2.41. The van der Waals surface area contributed by atoms with E-state index in [2.05, 4.69) is 25.7 Å². The Hall–Kier alpha value is -0.590. The second kappa shape index (κ2) is 6.45. The molecule has 110 valence electrons. The van der Waals surface area contributed by atoms with Crippen molar-refractivity contribution in [2.75, 3.05) is 6.54 Å². The van der Waals surface area contributed by atoms with Crippen LogP contribution in [-0.2, 0) is 0 Å². The molecule has 1 aromatic rings. The molecule has 20 heavy (non-hydrogen) atoms. The van der Waals surface area contributed by atoms with Gasteiger partial charge in [0.1, 0.15) is 9.07 Å². The quantitative estimate of drug-likeness (QED) is 0.292. The maximum absolute atomic E-state index is 10.5. The predicted molar refractivity (Wildman–Crippen MR) is 91.2 cm³/mol. The summed E-state index contributed by atoms with van der Waals surface area (Å²) in [6, 6.07) is 3.98. The van der Waals surface area contributed by atoms with Gasteiger partial charge < -0.3 is 0 Å². The molecule has 1 aromatic heterocycles. The minimum atomic E-state index is -0.132. The van der Waals surface area contributed by atoms with Crippen molar-refractivity contribution in [1.29, 1.82) is 0 Å². The fourth-order valence-corrected chi connectivity index (χ4v) is 4.96. The van der Waals surface area contributed by atoms with Gasteiger partial charge in [-0.15, -0.1) is 11.3 Å². The molecule has 3 nitrogen and oxygen atoms in total. The summed E-state index contributed by atoms with van der Waals surface area (Å²) in [6.07, 6.45) is 3.88. The molecule has 1 fully saturated rings. The third-order valence-electron chi connectivity index (χ3n) is 3.31. The van der Waals surface area contributed by atoms with Crippen molar-refractivity contribution in [1.82, 2.24) is 4.90 Å². The number of hydrogen-bond acceptors (Lipinski definition) is 4. The smallest absolute Gasteiger partial charge is 0.292 e. The lowest BCUT2D eigenvalue weighted by Crippen LogP contribution is -2.49. The lowest BCUT2D eigenvalue weighted by Gasteiger charge is -2.25. The van der Waals surface area contributed by atoms with Gasteiger partial charge in [-0.3, -0.25) is 10.1 Å². The first-order valence-corrected chi connectivity index (χ1v) is 8.91. The van der Waals surface area contributed by atoms with E-state index in [9.17, 15) is 5.21 Å².